The highest BCUT2D eigenvalue weighted by molar-refractivity contribution is 5.84. The second-order valence-electron chi connectivity index (χ2n) is 10.2. The molecule has 1 unspecified atom stereocenters. The predicted octanol–water partition coefficient (Wildman–Crippen LogP) is 4.45. The van der Waals surface area contributed by atoms with E-state index < -0.39 is 5.60 Å². The highest BCUT2D eigenvalue weighted by Crippen LogP contribution is 2.28. The fraction of sp³-hybridized carbons (Fsp3) is 0.652. The number of fused-ring (bicyclic) bond motifs is 1. The largest absolute Gasteiger partial charge is 0.444 e. The number of likely N-dealkylation sites (tertiary alicyclic amines) is 1. The number of hydrogen-bond donors (Lipinski definition) is 1. The minimum atomic E-state index is -0.444. The second kappa shape index (κ2) is 7.98. The number of nitrogens with one attached hydrogen (secondary N) is 1. The molecule has 3 rings (SSSR count). The van der Waals surface area contributed by atoms with Gasteiger partial charge in [-0.3, -0.25) is 0 Å². The number of hydrogen-bond acceptors (Lipinski definition) is 4. The molecule has 1 aliphatic heterocycles. The van der Waals surface area contributed by atoms with Crippen LogP contribution in [0.1, 0.15) is 59.1 Å². The van der Waals surface area contributed by atoms with E-state index in [1.165, 1.54) is 16.5 Å². The third-order valence-electron chi connectivity index (χ3n) is 5.38. The fourth-order valence-electron chi connectivity index (χ4n) is 3.95. The normalized spacial score (nSPS) is 17.9. The first-order chi connectivity index (χ1) is 13.5. The van der Waals surface area contributed by atoms with Crippen molar-refractivity contribution in [3.63, 3.8) is 0 Å². The van der Waals surface area contributed by atoms with Crippen molar-refractivity contribution >= 4 is 17.1 Å². The molecule has 0 saturated carbocycles. The minimum Gasteiger partial charge on any atom is -0.444 e. The summed E-state index contributed by atoms with van der Waals surface area (Å²) in [6, 6.07) is 2.08. The Morgan fingerprint density at radius 2 is 2.00 bits per heavy atom. The van der Waals surface area contributed by atoms with Crippen molar-refractivity contribution in [2.75, 3.05) is 19.6 Å². The summed E-state index contributed by atoms with van der Waals surface area (Å²) in [6.07, 6.45) is 4.94. The van der Waals surface area contributed by atoms with E-state index in [9.17, 15) is 4.79 Å². The van der Waals surface area contributed by atoms with E-state index in [0.29, 0.717) is 5.92 Å². The monoisotopic (exact) mass is 400 g/mol. The Hall–Kier alpha value is -2.08. The van der Waals surface area contributed by atoms with Gasteiger partial charge in [0.15, 0.2) is 0 Å². The summed E-state index contributed by atoms with van der Waals surface area (Å²) < 4.78 is 7.77. The van der Waals surface area contributed by atoms with E-state index in [4.69, 9.17) is 4.74 Å². The lowest BCUT2D eigenvalue weighted by Gasteiger charge is -2.24. The molecule has 0 spiro atoms. The van der Waals surface area contributed by atoms with Gasteiger partial charge in [-0.2, -0.15) is 0 Å². The summed E-state index contributed by atoms with van der Waals surface area (Å²) in [4.78, 5) is 18.7. The first-order valence-electron chi connectivity index (χ1n) is 10.6. The molecule has 6 nitrogen and oxygen atoms in total. The van der Waals surface area contributed by atoms with Gasteiger partial charge in [0, 0.05) is 49.5 Å². The highest BCUT2D eigenvalue weighted by atomic mass is 16.6. The molecule has 29 heavy (non-hydrogen) atoms. The van der Waals surface area contributed by atoms with E-state index >= 15 is 0 Å². The highest BCUT2D eigenvalue weighted by Gasteiger charge is 2.29. The summed E-state index contributed by atoms with van der Waals surface area (Å²) in [5.41, 5.74) is 3.12. The van der Waals surface area contributed by atoms with Crippen molar-refractivity contribution in [3.05, 3.63) is 29.6 Å². The summed E-state index contributed by atoms with van der Waals surface area (Å²) in [6.45, 7) is 17.7. The smallest absolute Gasteiger partial charge is 0.410 e. The topological polar surface area (TPSA) is 59.4 Å². The molecular formula is C23H36N4O2. The van der Waals surface area contributed by atoms with Crippen LogP contribution < -0.4 is 5.32 Å². The number of rotatable bonds is 4. The predicted molar refractivity (Wildman–Crippen MR) is 117 cm³/mol. The molecule has 1 N–H and O–H groups in total. The molecule has 2 aromatic heterocycles. The van der Waals surface area contributed by atoms with Crippen LogP contribution in [-0.4, -0.2) is 45.8 Å². The number of amides is 1. The van der Waals surface area contributed by atoms with E-state index in [1.54, 1.807) is 0 Å². The molecule has 0 aromatic carbocycles. The Morgan fingerprint density at radius 1 is 1.28 bits per heavy atom. The van der Waals surface area contributed by atoms with Gasteiger partial charge in [0.1, 0.15) is 11.2 Å². The number of aromatic nitrogens is 2. The van der Waals surface area contributed by atoms with E-state index in [-0.39, 0.29) is 11.6 Å². The van der Waals surface area contributed by atoms with Gasteiger partial charge in [0.25, 0.3) is 0 Å². The van der Waals surface area contributed by atoms with Crippen molar-refractivity contribution in [2.24, 2.45) is 5.92 Å². The lowest BCUT2D eigenvalue weighted by Crippen LogP contribution is -2.36. The maximum atomic E-state index is 12.3. The van der Waals surface area contributed by atoms with Crippen LogP contribution in [0.25, 0.3) is 11.0 Å². The molecular weight excluding hydrogens is 364 g/mol. The van der Waals surface area contributed by atoms with Gasteiger partial charge >= 0.3 is 6.09 Å². The number of aryl methyl sites for hydroxylation is 1. The average Bonchev–Trinajstić information content (AvgIpc) is 3.19. The quantitative estimate of drug-likeness (QED) is 0.824. The molecule has 0 bridgehead atoms. The summed E-state index contributed by atoms with van der Waals surface area (Å²) in [5.74, 6) is 0.456. The Bertz CT molecular complexity index is 873. The molecule has 1 fully saturated rings. The van der Waals surface area contributed by atoms with E-state index in [2.05, 4.69) is 54.8 Å². The SMILES string of the molecule is Cc1ccnc2c1c(CNCC1CCN(C(=O)OC(C)(C)C)C1)cn2C(C)(C)C. The number of carbonyl (C=O) groups is 1. The van der Waals surface area contributed by atoms with Crippen LogP contribution in [0.4, 0.5) is 4.79 Å². The molecule has 0 radical (unpaired) electrons. The van der Waals surface area contributed by atoms with Crippen molar-refractivity contribution in [1.29, 1.82) is 0 Å². The zero-order chi connectivity index (χ0) is 21.4. The number of nitrogens with zero attached hydrogens (tertiary/aromatic N) is 3. The van der Waals surface area contributed by atoms with Crippen LogP contribution in [0, 0.1) is 12.8 Å². The van der Waals surface area contributed by atoms with Gasteiger partial charge in [-0.25, -0.2) is 9.78 Å². The Morgan fingerprint density at radius 3 is 2.66 bits per heavy atom. The second-order valence-corrected chi connectivity index (χ2v) is 10.2. The molecule has 160 valence electrons. The Labute approximate surface area is 174 Å². The molecule has 1 atom stereocenters. The third-order valence-corrected chi connectivity index (χ3v) is 5.38. The van der Waals surface area contributed by atoms with E-state index in [0.717, 1.165) is 38.2 Å². The fourth-order valence-corrected chi connectivity index (χ4v) is 3.95. The van der Waals surface area contributed by atoms with Crippen LogP contribution in [0.15, 0.2) is 18.5 Å². The van der Waals surface area contributed by atoms with Crippen molar-refractivity contribution in [2.45, 2.75) is 72.6 Å². The number of ether oxygens (including phenoxy) is 1. The minimum absolute atomic E-state index is 0.0172. The van der Waals surface area contributed by atoms with Gasteiger partial charge in [0.2, 0.25) is 0 Å². The molecule has 1 aliphatic rings. The zero-order valence-electron chi connectivity index (χ0n) is 19.0. The number of carbonyl (C=O) groups excluding carboxylic acids is 1. The summed E-state index contributed by atoms with van der Waals surface area (Å²) in [7, 11) is 0. The molecule has 2 aromatic rings. The molecule has 1 saturated heterocycles. The first-order valence-corrected chi connectivity index (χ1v) is 10.6. The third kappa shape index (κ3) is 5.10. The Kier molecular flexibility index (Phi) is 5.95. The standard InChI is InChI=1S/C23H36N4O2/c1-16-8-10-25-20-19(16)18(15-27(20)22(2,3)4)13-24-12-17-9-11-26(14-17)21(28)29-23(5,6)7/h8,10,15,17,24H,9,11-14H2,1-7H3. The summed E-state index contributed by atoms with van der Waals surface area (Å²) in [5, 5.41) is 4.86. The lowest BCUT2D eigenvalue weighted by atomic mass is 10.1. The average molecular weight is 401 g/mol. The maximum absolute atomic E-state index is 12.3. The maximum Gasteiger partial charge on any atom is 0.410 e. The van der Waals surface area contributed by atoms with Gasteiger partial charge in [-0.1, -0.05) is 0 Å². The van der Waals surface area contributed by atoms with Crippen molar-refractivity contribution in [3.8, 4) is 0 Å². The zero-order valence-corrected chi connectivity index (χ0v) is 19.0. The van der Waals surface area contributed by atoms with Crippen molar-refractivity contribution < 1.29 is 9.53 Å². The summed E-state index contributed by atoms with van der Waals surface area (Å²) >= 11 is 0. The van der Waals surface area contributed by atoms with Gasteiger partial charge < -0.3 is 19.5 Å². The molecule has 6 heteroatoms. The van der Waals surface area contributed by atoms with Gasteiger partial charge in [-0.05, 0) is 78.0 Å². The molecule has 0 aliphatic carbocycles. The lowest BCUT2D eigenvalue weighted by molar-refractivity contribution is 0.0288. The van der Waals surface area contributed by atoms with Crippen LogP contribution in [0.3, 0.4) is 0 Å². The van der Waals surface area contributed by atoms with Gasteiger partial charge in [-0.15, -0.1) is 0 Å². The number of pyridine rings is 1. The van der Waals surface area contributed by atoms with E-state index in [1.807, 2.05) is 31.9 Å². The first kappa shape index (κ1) is 21.6. The van der Waals surface area contributed by atoms with Crippen LogP contribution in [-0.2, 0) is 16.8 Å². The molecule has 3 heterocycles. The molecule has 1 amide bonds. The van der Waals surface area contributed by atoms with Crippen molar-refractivity contribution in [1.82, 2.24) is 19.8 Å². The van der Waals surface area contributed by atoms with Crippen LogP contribution >= 0.6 is 0 Å². The van der Waals surface area contributed by atoms with Crippen LogP contribution in [0.5, 0.6) is 0 Å². The Balaban J connectivity index is 1.62. The van der Waals surface area contributed by atoms with Gasteiger partial charge in [0.05, 0.1) is 0 Å². The van der Waals surface area contributed by atoms with Crippen LogP contribution in [0.2, 0.25) is 0 Å².